The van der Waals surface area contributed by atoms with E-state index in [1.165, 1.54) is 11.1 Å². The Bertz CT molecular complexity index is 1140. The Kier molecular flexibility index (Phi) is 6.49. The number of halogens is 4. The van der Waals surface area contributed by atoms with Gasteiger partial charge in [-0.15, -0.1) is 0 Å². The standard InChI is InChI=1S/C27H31F4N3O2/c1-17-3-2-4-18(13-17)26-9-7-24(22(26)15-26)34(12-11-33-10-8-20(35)16-33)25(36)32-19-5-6-23(28)21(14-19)27(29,30)31/h2-6,13-14,20,22,24,35H,7-12,15-16H2,1H3,(H,32,36)/t20-,22-,24-,26-/m1/s1. The molecule has 0 spiro atoms. The van der Waals surface area contributed by atoms with Gasteiger partial charge in [0.1, 0.15) is 5.82 Å². The molecule has 2 saturated carbocycles. The van der Waals surface area contributed by atoms with Crippen molar-refractivity contribution in [3.63, 3.8) is 0 Å². The molecule has 2 amide bonds. The van der Waals surface area contributed by atoms with Crippen molar-refractivity contribution in [1.82, 2.24) is 9.80 Å². The number of likely N-dealkylation sites (tertiary alicyclic amines) is 1. The van der Waals surface area contributed by atoms with Crippen molar-refractivity contribution < 1.29 is 27.5 Å². The first-order chi connectivity index (χ1) is 17.1. The molecule has 1 heterocycles. The van der Waals surface area contributed by atoms with Crippen molar-refractivity contribution in [3.8, 4) is 0 Å². The number of urea groups is 1. The molecule has 36 heavy (non-hydrogen) atoms. The molecule has 0 radical (unpaired) electrons. The number of aliphatic hydroxyl groups excluding tert-OH is 1. The zero-order valence-electron chi connectivity index (χ0n) is 20.2. The van der Waals surface area contributed by atoms with Crippen LogP contribution in [0.1, 0.15) is 42.4 Å². The molecule has 2 aliphatic carbocycles. The summed E-state index contributed by atoms with van der Waals surface area (Å²) in [6.07, 6.45) is -1.81. The van der Waals surface area contributed by atoms with Gasteiger partial charge in [-0.05, 0) is 62.3 Å². The summed E-state index contributed by atoms with van der Waals surface area (Å²) in [5.41, 5.74) is 1.02. The third kappa shape index (κ3) is 4.83. The van der Waals surface area contributed by atoms with Crippen molar-refractivity contribution in [2.75, 3.05) is 31.5 Å². The molecular weight excluding hydrogens is 474 g/mol. The summed E-state index contributed by atoms with van der Waals surface area (Å²) < 4.78 is 53.3. The summed E-state index contributed by atoms with van der Waals surface area (Å²) in [4.78, 5) is 17.3. The fourth-order valence-corrected chi connectivity index (χ4v) is 6.23. The van der Waals surface area contributed by atoms with Crippen LogP contribution in [0.3, 0.4) is 0 Å². The molecule has 2 aromatic carbocycles. The third-order valence-electron chi connectivity index (χ3n) is 8.17. The predicted octanol–water partition coefficient (Wildman–Crippen LogP) is 5.17. The number of carbonyl (C=O) groups is 1. The van der Waals surface area contributed by atoms with Gasteiger partial charge in [-0.25, -0.2) is 9.18 Å². The fourth-order valence-electron chi connectivity index (χ4n) is 6.23. The number of nitrogens with zero attached hydrogens (tertiary/aromatic N) is 2. The second-order valence-corrected chi connectivity index (χ2v) is 10.5. The molecule has 0 bridgehead atoms. The van der Waals surface area contributed by atoms with Crippen LogP contribution < -0.4 is 5.32 Å². The van der Waals surface area contributed by atoms with Crippen LogP contribution in [0.25, 0.3) is 0 Å². The minimum atomic E-state index is -4.85. The number of rotatable bonds is 6. The number of β-amino-alcohol motifs (C(OH)–C–C–N with tert-alkyl or cyclic N) is 1. The highest BCUT2D eigenvalue weighted by Crippen LogP contribution is 2.65. The van der Waals surface area contributed by atoms with Gasteiger partial charge in [0.05, 0.1) is 11.7 Å². The Morgan fingerprint density at radius 1 is 1.22 bits per heavy atom. The number of carbonyl (C=O) groups excluding carboxylic acids is 1. The number of hydrogen-bond donors (Lipinski definition) is 2. The van der Waals surface area contributed by atoms with Gasteiger partial charge in [-0.3, -0.25) is 4.90 Å². The van der Waals surface area contributed by atoms with Crippen molar-refractivity contribution in [3.05, 3.63) is 65.0 Å². The molecular formula is C27H31F4N3O2. The molecule has 5 rings (SSSR count). The van der Waals surface area contributed by atoms with Crippen LogP contribution >= 0.6 is 0 Å². The molecule has 0 aromatic heterocycles. The second-order valence-electron chi connectivity index (χ2n) is 10.5. The maximum atomic E-state index is 13.8. The highest BCUT2D eigenvalue weighted by atomic mass is 19.4. The first kappa shape index (κ1) is 25.0. The smallest absolute Gasteiger partial charge is 0.392 e. The van der Waals surface area contributed by atoms with E-state index in [1.807, 2.05) is 0 Å². The number of amides is 2. The molecule has 5 nitrogen and oxygen atoms in total. The maximum absolute atomic E-state index is 13.8. The normalized spacial score (nSPS) is 27.7. The van der Waals surface area contributed by atoms with Crippen LogP contribution in [0.15, 0.2) is 42.5 Å². The molecule has 1 aliphatic heterocycles. The van der Waals surface area contributed by atoms with E-state index in [1.54, 1.807) is 4.90 Å². The number of nitrogens with one attached hydrogen (secondary N) is 1. The lowest BCUT2D eigenvalue weighted by atomic mass is 9.92. The molecule has 194 valence electrons. The summed E-state index contributed by atoms with van der Waals surface area (Å²) >= 11 is 0. The number of hydrogen-bond acceptors (Lipinski definition) is 3. The topological polar surface area (TPSA) is 55.8 Å². The van der Waals surface area contributed by atoms with Crippen LogP contribution in [0, 0.1) is 18.7 Å². The first-order valence-corrected chi connectivity index (χ1v) is 12.5. The summed E-state index contributed by atoms with van der Waals surface area (Å²) in [6.45, 7) is 4.32. The van der Waals surface area contributed by atoms with Gasteiger partial charge < -0.3 is 15.3 Å². The highest BCUT2D eigenvalue weighted by Gasteiger charge is 2.64. The minimum absolute atomic E-state index is 0.0401. The lowest BCUT2D eigenvalue weighted by Gasteiger charge is -2.32. The van der Waals surface area contributed by atoms with E-state index in [0.29, 0.717) is 32.1 Å². The van der Waals surface area contributed by atoms with Crippen LogP contribution in [0.4, 0.5) is 28.0 Å². The first-order valence-electron chi connectivity index (χ1n) is 12.5. The summed E-state index contributed by atoms with van der Waals surface area (Å²) in [5, 5.41) is 12.5. The van der Waals surface area contributed by atoms with Crippen LogP contribution in [-0.2, 0) is 11.6 Å². The van der Waals surface area contributed by atoms with Gasteiger partial charge in [0.25, 0.3) is 0 Å². The summed E-state index contributed by atoms with van der Waals surface area (Å²) in [6, 6.07) is 10.5. The largest absolute Gasteiger partial charge is 0.419 e. The maximum Gasteiger partial charge on any atom is 0.419 e. The molecule has 0 unspecified atom stereocenters. The number of aryl methyl sites for hydroxylation is 1. The van der Waals surface area contributed by atoms with Crippen LogP contribution in [0.5, 0.6) is 0 Å². The summed E-state index contributed by atoms with van der Waals surface area (Å²) in [7, 11) is 0. The minimum Gasteiger partial charge on any atom is -0.392 e. The zero-order valence-corrected chi connectivity index (χ0v) is 20.2. The Labute approximate surface area is 208 Å². The fraction of sp³-hybridized carbons (Fsp3) is 0.519. The molecule has 2 N–H and O–H groups in total. The lowest BCUT2D eigenvalue weighted by Crippen LogP contribution is -2.47. The zero-order chi connectivity index (χ0) is 25.7. The molecule has 1 saturated heterocycles. The quantitative estimate of drug-likeness (QED) is 0.533. The Hall–Kier alpha value is -2.65. The predicted molar refractivity (Wildman–Crippen MR) is 128 cm³/mol. The van der Waals surface area contributed by atoms with Gasteiger partial charge in [-0.1, -0.05) is 29.8 Å². The molecule has 3 fully saturated rings. The number of fused-ring (bicyclic) bond motifs is 1. The molecule has 2 aromatic rings. The van der Waals surface area contributed by atoms with Crippen molar-refractivity contribution in [2.24, 2.45) is 5.92 Å². The number of anilines is 1. The Morgan fingerprint density at radius 3 is 2.69 bits per heavy atom. The second kappa shape index (κ2) is 9.34. The van der Waals surface area contributed by atoms with Gasteiger partial charge in [0.15, 0.2) is 0 Å². The van der Waals surface area contributed by atoms with E-state index < -0.39 is 23.6 Å². The summed E-state index contributed by atoms with van der Waals surface area (Å²) in [5.74, 6) is -1.09. The third-order valence-corrected chi connectivity index (χ3v) is 8.17. The molecule has 3 aliphatic rings. The monoisotopic (exact) mass is 505 g/mol. The Balaban J connectivity index is 1.35. The van der Waals surface area contributed by atoms with Crippen molar-refractivity contribution in [1.29, 1.82) is 0 Å². The van der Waals surface area contributed by atoms with E-state index in [9.17, 15) is 27.5 Å². The van der Waals surface area contributed by atoms with E-state index in [4.69, 9.17) is 0 Å². The van der Waals surface area contributed by atoms with Gasteiger partial charge in [-0.2, -0.15) is 13.2 Å². The van der Waals surface area contributed by atoms with E-state index >= 15 is 0 Å². The number of alkyl halides is 3. The van der Waals surface area contributed by atoms with E-state index in [2.05, 4.69) is 41.4 Å². The molecule has 4 atom stereocenters. The average Bonchev–Trinajstić information content (AvgIpc) is 3.22. The number of aliphatic hydroxyl groups is 1. The average molecular weight is 506 g/mol. The van der Waals surface area contributed by atoms with Gasteiger partial charge in [0, 0.05) is 43.3 Å². The highest BCUT2D eigenvalue weighted by molar-refractivity contribution is 5.89. The van der Waals surface area contributed by atoms with Gasteiger partial charge >= 0.3 is 12.2 Å². The lowest BCUT2D eigenvalue weighted by molar-refractivity contribution is -0.139. The van der Waals surface area contributed by atoms with Crippen molar-refractivity contribution >= 4 is 11.7 Å². The number of benzene rings is 2. The van der Waals surface area contributed by atoms with Crippen LogP contribution in [0.2, 0.25) is 0 Å². The van der Waals surface area contributed by atoms with E-state index in [-0.39, 0.29) is 29.2 Å². The van der Waals surface area contributed by atoms with E-state index in [0.717, 1.165) is 37.9 Å². The molecule has 9 heteroatoms. The van der Waals surface area contributed by atoms with Crippen molar-refractivity contribution in [2.45, 2.75) is 56.3 Å². The van der Waals surface area contributed by atoms with Gasteiger partial charge in [0.2, 0.25) is 0 Å². The van der Waals surface area contributed by atoms with Crippen LogP contribution in [-0.4, -0.2) is 59.3 Å². The SMILES string of the molecule is Cc1cccc([C@]23CC[C@@H](N(CCN4CC[C@@H](O)C4)C(=O)Nc4ccc(F)c(C(F)(F)F)c4)[C@H]2C3)c1. The Morgan fingerprint density at radius 2 is 2.03 bits per heavy atom.